The van der Waals surface area contributed by atoms with Crippen molar-refractivity contribution < 1.29 is 8.78 Å². The lowest BCUT2D eigenvalue weighted by Gasteiger charge is -2.29. The molecule has 21 heavy (non-hydrogen) atoms. The molecule has 3 nitrogen and oxygen atoms in total. The highest BCUT2D eigenvalue weighted by molar-refractivity contribution is 8.16. The number of allylic oxidation sites excluding steroid dienone is 1. The Morgan fingerprint density at radius 1 is 1.38 bits per heavy atom. The SMILES string of the molecule is CC1=CSC2=NC(C(C)N)=C(c3cccc(F)c3F)CN12. The van der Waals surface area contributed by atoms with Crippen LogP contribution in [0.5, 0.6) is 0 Å². The van der Waals surface area contributed by atoms with Gasteiger partial charge in [-0.1, -0.05) is 23.9 Å². The molecule has 1 aromatic carbocycles. The van der Waals surface area contributed by atoms with E-state index in [9.17, 15) is 8.78 Å². The van der Waals surface area contributed by atoms with Crippen molar-refractivity contribution in [3.05, 3.63) is 52.2 Å². The molecule has 2 heterocycles. The minimum absolute atomic E-state index is 0.231. The first-order valence-corrected chi connectivity index (χ1v) is 7.49. The lowest BCUT2D eigenvalue weighted by Crippen LogP contribution is -2.33. The zero-order chi connectivity index (χ0) is 15.1. The number of fused-ring (bicyclic) bond motifs is 1. The minimum atomic E-state index is -0.859. The lowest BCUT2D eigenvalue weighted by atomic mass is 9.98. The standard InChI is InChI=1S/C15H15F2N3S/c1-8-7-21-15-19-14(9(2)18)11(6-20(8)15)10-4-3-5-12(16)13(10)17/h3-5,7,9H,6,18H2,1-2H3. The molecule has 0 amide bonds. The third-order valence-electron chi connectivity index (χ3n) is 3.54. The van der Waals surface area contributed by atoms with Gasteiger partial charge in [-0.15, -0.1) is 0 Å². The van der Waals surface area contributed by atoms with Gasteiger partial charge in [0.05, 0.1) is 12.2 Å². The second-order valence-electron chi connectivity index (χ2n) is 5.11. The quantitative estimate of drug-likeness (QED) is 0.911. The number of aliphatic imine (C=N–C) groups is 1. The first-order chi connectivity index (χ1) is 9.99. The molecule has 1 unspecified atom stereocenters. The summed E-state index contributed by atoms with van der Waals surface area (Å²) in [6.45, 7) is 4.21. The summed E-state index contributed by atoms with van der Waals surface area (Å²) in [5.74, 6) is -1.71. The average molecular weight is 307 g/mol. The molecule has 0 aromatic heterocycles. The fraction of sp³-hybridized carbons (Fsp3) is 0.267. The normalized spacial score (nSPS) is 19.4. The number of halogens is 2. The number of nitrogens with zero attached hydrogens (tertiary/aromatic N) is 2. The van der Waals surface area contributed by atoms with Crippen LogP contribution in [-0.2, 0) is 0 Å². The number of thioether (sulfide) groups is 1. The molecule has 0 radical (unpaired) electrons. The smallest absolute Gasteiger partial charge is 0.173 e. The fourth-order valence-electron chi connectivity index (χ4n) is 2.44. The average Bonchev–Trinajstić information content (AvgIpc) is 2.81. The second kappa shape index (κ2) is 5.27. The summed E-state index contributed by atoms with van der Waals surface area (Å²) >= 11 is 1.52. The van der Waals surface area contributed by atoms with E-state index >= 15 is 0 Å². The topological polar surface area (TPSA) is 41.6 Å². The number of nitrogens with two attached hydrogens (primary N) is 1. The molecule has 0 aliphatic carbocycles. The van der Waals surface area contributed by atoms with Crippen molar-refractivity contribution in [1.82, 2.24) is 4.90 Å². The van der Waals surface area contributed by atoms with Gasteiger partial charge in [-0.3, -0.25) is 0 Å². The van der Waals surface area contributed by atoms with Crippen LogP contribution in [0.2, 0.25) is 0 Å². The molecule has 2 aliphatic heterocycles. The lowest BCUT2D eigenvalue weighted by molar-refractivity contribution is 0.503. The van der Waals surface area contributed by atoms with Crippen molar-refractivity contribution in [1.29, 1.82) is 0 Å². The maximum atomic E-state index is 14.1. The Balaban J connectivity index is 2.15. The van der Waals surface area contributed by atoms with Gasteiger partial charge < -0.3 is 10.6 Å². The third-order valence-corrected chi connectivity index (χ3v) is 4.52. The fourth-order valence-corrected chi connectivity index (χ4v) is 3.33. The predicted molar refractivity (Wildman–Crippen MR) is 82.4 cm³/mol. The molecule has 1 atom stereocenters. The Morgan fingerprint density at radius 3 is 2.86 bits per heavy atom. The Morgan fingerprint density at radius 2 is 2.14 bits per heavy atom. The van der Waals surface area contributed by atoms with Crippen molar-refractivity contribution in [2.24, 2.45) is 10.7 Å². The zero-order valence-electron chi connectivity index (χ0n) is 11.7. The Hall–Kier alpha value is -1.66. The zero-order valence-corrected chi connectivity index (χ0v) is 12.5. The van der Waals surface area contributed by atoms with Crippen molar-refractivity contribution >= 4 is 22.5 Å². The predicted octanol–water partition coefficient (Wildman–Crippen LogP) is 3.30. The summed E-state index contributed by atoms with van der Waals surface area (Å²) in [4.78, 5) is 6.52. The van der Waals surface area contributed by atoms with Crippen LogP contribution in [-0.4, -0.2) is 22.7 Å². The van der Waals surface area contributed by atoms with Crippen LogP contribution in [0.4, 0.5) is 8.78 Å². The molecule has 6 heteroatoms. The number of hydrogen-bond acceptors (Lipinski definition) is 4. The summed E-state index contributed by atoms with van der Waals surface area (Å²) in [7, 11) is 0. The maximum Gasteiger partial charge on any atom is 0.173 e. The van der Waals surface area contributed by atoms with Gasteiger partial charge in [-0.25, -0.2) is 13.8 Å². The second-order valence-corrected chi connectivity index (χ2v) is 5.95. The van der Waals surface area contributed by atoms with E-state index < -0.39 is 11.6 Å². The monoisotopic (exact) mass is 307 g/mol. The van der Waals surface area contributed by atoms with Gasteiger partial charge in [0.15, 0.2) is 16.8 Å². The van der Waals surface area contributed by atoms with E-state index in [0.29, 0.717) is 17.8 Å². The minimum Gasteiger partial charge on any atom is -0.323 e. The summed E-state index contributed by atoms with van der Waals surface area (Å²) < 4.78 is 27.6. The van der Waals surface area contributed by atoms with Crippen molar-refractivity contribution in [2.45, 2.75) is 19.9 Å². The highest BCUT2D eigenvalue weighted by Crippen LogP contribution is 2.36. The molecular weight excluding hydrogens is 292 g/mol. The van der Waals surface area contributed by atoms with Crippen LogP contribution in [0.1, 0.15) is 19.4 Å². The van der Waals surface area contributed by atoms with Crippen LogP contribution in [0, 0.1) is 11.6 Å². The van der Waals surface area contributed by atoms with E-state index in [2.05, 4.69) is 4.99 Å². The van der Waals surface area contributed by atoms with Gasteiger partial charge in [0, 0.05) is 22.9 Å². The maximum absolute atomic E-state index is 14.1. The van der Waals surface area contributed by atoms with Gasteiger partial charge in [0.25, 0.3) is 0 Å². The summed E-state index contributed by atoms with van der Waals surface area (Å²) in [6, 6.07) is 3.83. The van der Waals surface area contributed by atoms with Crippen LogP contribution in [0.15, 0.2) is 40.0 Å². The van der Waals surface area contributed by atoms with E-state index in [1.54, 1.807) is 13.0 Å². The van der Waals surface area contributed by atoms with Crippen LogP contribution < -0.4 is 5.73 Å². The van der Waals surface area contributed by atoms with Crippen molar-refractivity contribution in [3.8, 4) is 0 Å². The molecule has 0 spiro atoms. The van der Waals surface area contributed by atoms with Crippen LogP contribution in [0.25, 0.3) is 5.57 Å². The molecule has 110 valence electrons. The van der Waals surface area contributed by atoms with Crippen LogP contribution in [0.3, 0.4) is 0 Å². The molecule has 1 aromatic rings. The number of benzene rings is 1. The molecular formula is C15H15F2N3S. The number of amidine groups is 1. The Bertz CT molecular complexity index is 692. The summed E-state index contributed by atoms with van der Waals surface area (Å²) in [5, 5.41) is 2.82. The molecule has 2 aliphatic rings. The van der Waals surface area contributed by atoms with Gasteiger partial charge >= 0.3 is 0 Å². The Kier molecular flexibility index (Phi) is 3.59. The highest BCUT2D eigenvalue weighted by atomic mass is 32.2. The number of rotatable bonds is 2. The molecule has 0 bridgehead atoms. The molecule has 0 saturated heterocycles. The first-order valence-electron chi connectivity index (χ1n) is 6.61. The van der Waals surface area contributed by atoms with Gasteiger partial charge in [-0.05, 0) is 25.3 Å². The summed E-state index contributed by atoms with van der Waals surface area (Å²) in [6.07, 6.45) is 0. The number of hydrogen-bond donors (Lipinski definition) is 1. The first kappa shape index (κ1) is 14.3. The summed E-state index contributed by atoms with van der Waals surface area (Å²) in [5.41, 5.74) is 8.50. The van der Waals surface area contributed by atoms with Gasteiger partial charge in [0.1, 0.15) is 0 Å². The highest BCUT2D eigenvalue weighted by Gasteiger charge is 2.30. The van der Waals surface area contributed by atoms with Crippen LogP contribution >= 0.6 is 11.8 Å². The van der Waals surface area contributed by atoms with Gasteiger partial charge in [-0.2, -0.15) is 0 Å². The van der Waals surface area contributed by atoms with E-state index in [1.807, 2.05) is 17.2 Å². The molecule has 2 N–H and O–H groups in total. The van der Waals surface area contributed by atoms with E-state index in [0.717, 1.165) is 16.9 Å². The van der Waals surface area contributed by atoms with Gasteiger partial charge in [0.2, 0.25) is 0 Å². The third kappa shape index (κ3) is 2.38. The molecule has 0 saturated carbocycles. The van der Waals surface area contributed by atoms with Crippen molar-refractivity contribution in [3.63, 3.8) is 0 Å². The van der Waals surface area contributed by atoms with E-state index in [-0.39, 0.29) is 11.6 Å². The molecule has 0 fully saturated rings. The van der Waals surface area contributed by atoms with E-state index in [4.69, 9.17) is 5.73 Å². The van der Waals surface area contributed by atoms with Crippen molar-refractivity contribution in [2.75, 3.05) is 6.54 Å². The Labute approximate surface area is 126 Å². The molecule has 3 rings (SSSR count). The largest absolute Gasteiger partial charge is 0.323 e. The van der Waals surface area contributed by atoms with E-state index in [1.165, 1.54) is 17.8 Å².